The standard InChI is InChI=1S/C16H24BFO2/c1-12(18)6-7-13-8-10-14(11-9-13)17-19-15(2,3)16(4,5)20-17/h8-12H,6-7H2,1-5H3. The number of rotatable bonds is 4. The molecule has 0 amide bonds. The highest BCUT2D eigenvalue weighted by molar-refractivity contribution is 6.62. The van der Waals surface area contributed by atoms with Gasteiger partial charge in [-0.15, -0.1) is 0 Å². The number of aryl methyl sites for hydroxylation is 1. The van der Waals surface area contributed by atoms with Crippen LogP contribution in [-0.2, 0) is 15.7 Å². The number of hydrogen-bond acceptors (Lipinski definition) is 2. The Balaban J connectivity index is 2.05. The van der Waals surface area contributed by atoms with Gasteiger partial charge in [-0.25, -0.2) is 4.39 Å². The number of alkyl halides is 1. The molecule has 1 aromatic rings. The molecule has 1 heterocycles. The number of benzene rings is 1. The molecule has 0 aliphatic carbocycles. The first kappa shape index (κ1) is 15.5. The van der Waals surface area contributed by atoms with Crippen LogP contribution >= 0.6 is 0 Å². The summed E-state index contributed by atoms with van der Waals surface area (Å²) < 4.78 is 24.9. The first-order chi connectivity index (χ1) is 9.21. The van der Waals surface area contributed by atoms with Crippen LogP contribution in [0.4, 0.5) is 4.39 Å². The molecule has 1 fully saturated rings. The van der Waals surface area contributed by atoms with E-state index < -0.39 is 6.17 Å². The molecular formula is C16H24BFO2. The fraction of sp³-hybridized carbons (Fsp3) is 0.625. The minimum absolute atomic E-state index is 0.319. The molecule has 1 saturated heterocycles. The summed E-state index contributed by atoms with van der Waals surface area (Å²) in [5.41, 5.74) is 1.52. The molecule has 1 unspecified atom stereocenters. The van der Waals surface area contributed by atoms with Crippen molar-refractivity contribution >= 4 is 12.6 Å². The van der Waals surface area contributed by atoms with Gasteiger partial charge in [-0.2, -0.15) is 0 Å². The lowest BCUT2D eigenvalue weighted by Crippen LogP contribution is -2.41. The van der Waals surface area contributed by atoms with Gasteiger partial charge in [0.1, 0.15) is 0 Å². The summed E-state index contributed by atoms with van der Waals surface area (Å²) in [5, 5.41) is 0. The third kappa shape index (κ3) is 3.23. The monoisotopic (exact) mass is 278 g/mol. The van der Waals surface area contributed by atoms with Gasteiger partial charge in [0.2, 0.25) is 0 Å². The Morgan fingerprint density at radius 2 is 1.55 bits per heavy atom. The topological polar surface area (TPSA) is 18.5 Å². The average Bonchev–Trinajstić information content (AvgIpc) is 2.56. The molecule has 4 heteroatoms. The Morgan fingerprint density at radius 1 is 1.05 bits per heavy atom. The predicted octanol–water partition coefficient (Wildman–Crippen LogP) is 3.28. The van der Waals surface area contributed by atoms with E-state index in [0.29, 0.717) is 6.42 Å². The van der Waals surface area contributed by atoms with E-state index >= 15 is 0 Å². The SMILES string of the molecule is CC(F)CCc1ccc(B2OC(C)(C)C(C)(C)O2)cc1. The summed E-state index contributed by atoms with van der Waals surface area (Å²) in [6.45, 7) is 9.78. The van der Waals surface area contributed by atoms with Crippen LogP contribution in [0.25, 0.3) is 0 Å². The third-order valence-electron chi connectivity index (χ3n) is 4.34. The van der Waals surface area contributed by atoms with Crippen LogP contribution in [-0.4, -0.2) is 24.5 Å². The smallest absolute Gasteiger partial charge is 0.399 e. The summed E-state index contributed by atoms with van der Waals surface area (Å²) >= 11 is 0. The lowest BCUT2D eigenvalue weighted by molar-refractivity contribution is 0.00578. The Morgan fingerprint density at radius 3 is 2.00 bits per heavy atom. The van der Waals surface area contributed by atoms with Crippen LogP contribution in [0, 0.1) is 0 Å². The molecule has 0 aromatic heterocycles. The Kier molecular flexibility index (Phi) is 4.26. The van der Waals surface area contributed by atoms with Crippen molar-refractivity contribution in [2.45, 2.75) is 64.8 Å². The van der Waals surface area contributed by atoms with Crippen LogP contribution in [0.15, 0.2) is 24.3 Å². The van der Waals surface area contributed by atoms with Crippen LogP contribution in [0.1, 0.15) is 46.6 Å². The highest BCUT2D eigenvalue weighted by Crippen LogP contribution is 2.36. The van der Waals surface area contributed by atoms with E-state index in [4.69, 9.17) is 9.31 Å². The second-order valence-electron chi connectivity index (χ2n) is 6.65. The molecular weight excluding hydrogens is 254 g/mol. The highest BCUT2D eigenvalue weighted by atomic mass is 19.1. The molecule has 2 nitrogen and oxygen atoms in total. The molecule has 0 N–H and O–H groups in total. The quantitative estimate of drug-likeness (QED) is 0.787. The van der Waals surface area contributed by atoms with Gasteiger partial charge in [0.05, 0.1) is 17.4 Å². The minimum Gasteiger partial charge on any atom is -0.399 e. The summed E-state index contributed by atoms with van der Waals surface area (Å²) in [7, 11) is -0.325. The maximum atomic E-state index is 12.8. The van der Waals surface area contributed by atoms with Gasteiger partial charge >= 0.3 is 7.12 Å². The van der Waals surface area contributed by atoms with Gasteiger partial charge in [-0.05, 0) is 58.5 Å². The van der Waals surface area contributed by atoms with Crippen molar-refractivity contribution in [1.29, 1.82) is 0 Å². The molecule has 110 valence electrons. The second kappa shape index (κ2) is 5.49. The van der Waals surface area contributed by atoms with E-state index in [1.165, 1.54) is 0 Å². The van der Waals surface area contributed by atoms with Crippen molar-refractivity contribution < 1.29 is 13.7 Å². The van der Waals surface area contributed by atoms with Crippen molar-refractivity contribution in [2.75, 3.05) is 0 Å². The zero-order valence-corrected chi connectivity index (χ0v) is 13.1. The van der Waals surface area contributed by atoms with E-state index in [1.807, 2.05) is 52.0 Å². The molecule has 0 saturated carbocycles. The molecule has 0 spiro atoms. The van der Waals surface area contributed by atoms with Crippen LogP contribution in [0.5, 0.6) is 0 Å². The van der Waals surface area contributed by atoms with E-state index in [0.717, 1.165) is 17.4 Å². The van der Waals surface area contributed by atoms with Crippen molar-refractivity contribution in [2.24, 2.45) is 0 Å². The molecule has 20 heavy (non-hydrogen) atoms. The van der Waals surface area contributed by atoms with Gasteiger partial charge in [0, 0.05) is 0 Å². The van der Waals surface area contributed by atoms with Gasteiger partial charge in [-0.1, -0.05) is 24.3 Å². The fourth-order valence-electron chi connectivity index (χ4n) is 2.19. The van der Waals surface area contributed by atoms with E-state index in [2.05, 4.69) is 0 Å². The largest absolute Gasteiger partial charge is 0.494 e. The Labute approximate surface area is 121 Å². The first-order valence-corrected chi connectivity index (χ1v) is 7.30. The molecule has 0 radical (unpaired) electrons. The molecule has 1 aliphatic rings. The predicted molar refractivity (Wildman–Crippen MR) is 81.0 cm³/mol. The first-order valence-electron chi connectivity index (χ1n) is 7.30. The molecule has 1 aromatic carbocycles. The molecule has 0 bridgehead atoms. The zero-order valence-electron chi connectivity index (χ0n) is 13.1. The minimum atomic E-state index is -0.752. The maximum absolute atomic E-state index is 12.8. The van der Waals surface area contributed by atoms with Gasteiger partial charge in [0.25, 0.3) is 0 Å². The third-order valence-corrected chi connectivity index (χ3v) is 4.34. The normalized spacial score (nSPS) is 22.0. The maximum Gasteiger partial charge on any atom is 0.494 e. The van der Waals surface area contributed by atoms with Crippen molar-refractivity contribution in [3.63, 3.8) is 0 Å². The van der Waals surface area contributed by atoms with Crippen molar-refractivity contribution in [1.82, 2.24) is 0 Å². The van der Waals surface area contributed by atoms with E-state index in [1.54, 1.807) is 6.92 Å². The van der Waals surface area contributed by atoms with Gasteiger partial charge in [-0.3, -0.25) is 0 Å². The van der Waals surface area contributed by atoms with Gasteiger partial charge < -0.3 is 9.31 Å². The summed E-state index contributed by atoms with van der Waals surface area (Å²) in [4.78, 5) is 0. The van der Waals surface area contributed by atoms with E-state index in [-0.39, 0.29) is 18.3 Å². The fourth-order valence-corrected chi connectivity index (χ4v) is 2.19. The van der Waals surface area contributed by atoms with E-state index in [9.17, 15) is 4.39 Å². The van der Waals surface area contributed by atoms with Crippen LogP contribution in [0.2, 0.25) is 0 Å². The van der Waals surface area contributed by atoms with Gasteiger partial charge in [0.15, 0.2) is 0 Å². The zero-order chi connectivity index (χ0) is 15.0. The average molecular weight is 278 g/mol. The highest BCUT2D eigenvalue weighted by Gasteiger charge is 2.51. The number of halogens is 1. The molecule has 1 aliphatic heterocycles. The van der Waals surface area contributed by atoms with Crippen molar-refractivity contribution in [3.8, 4) is 0 Å². The van der Waals surface area contributed by atoms with Crippen molar-refractivity contribution in [3.05, 3.63) is 29.8 Å². The van der Waals surface area contributed by atoms with Crippen LogP contribution in [0.3, 0.4) is 0 Å². The lowest BCUT2D eigenvalue weighted by atomic mass is 9.78. The lowest BCUT2D eigenvalue weighted by Gasteiger charge is -2.32. The summed E-state index contributed by atoms with van der Waals surface area (Å²) in [5.74, 6) is 0. The molecule has 1 atom stereocenters. The van der Waals surface area contributed by atoms with Crippen LogP contribution < -0.4 is 5.46 Å². The Bertz CT molecular complexity index is 438. The Hall–Kier alpha value is -0.865. The molecule has 2 rings (SSSR count). The number of hydrogen-bond donors (Lipinski definition) is 0. The summed E-state index contributed by atoms with van der Waals surface area (Å²) in [6.07, 6.45) is 0.578. The second-order valence-corrected chi connectivity index (χ2v) is 6.65. The summed E-state index contributed by atoms with van der Waals surface area (Å²) in [6, 6.07) is 8.09.